The number of piperidine rings is 1. The van der Waals surface area contributed by atoms with Gasteiger partial charge < -0.3 is 5.11 Å². The summed E-state index contributed by atoms with van der Waals surface area (Å²) in [6.07, 6.45) is 0.932. The molecule has 8 heteroatoms. The molecular formula is C14H15ClN2O4S. The first-order valence-corrected chi connectivity index (χ1v) is 8.53. The van der Waals surface area contributed by atoms with E-state index in [1.807, 2.05) is 6.07 Å². The van der Waals surface area contributed by atoms with E-state index in [9.17, 15) is 13.2 Å². The molecule has 1 aliphatic heterocycles. The number of sulfonamides is 1. The van der Waals surface area contributed by atoms with Gasteiger partial charge in [-0.25, -0.2) is 8.42 Å². The van der Waals surface area contributed by atoms with Crippen molar-refractivity contribution in [1.29, 1.82) is 5.26 Å². The van der Waals surface area contributed by atoms with Gasteiger partial charge in [-0.05, 0) is 38.0 Å². The van der Waals surface area contributed by atoms with Crippen LogP contribution in [0.25, 0.3) is 0 Å². The number of carboxylic acids is 1. The summed E-state index contributed by atoms with van der Waals surface area (Å²) in [5.41, 5.74) is 0.0715. The van der Waals surface area contributed by atoms with Crippen LogP contribution in [-0.4, -0.2) is 36.4 Å². The van der Waals surface area contributed by atoms with E-state index in [1.165, 1.54) is 22.5 Å². The van der Waals surface area contributed by atoms with E-state index in [2.05, 4.69) is 0 Å². The Hall–Kier alpha value is -1.62. The Morgan fingerprint density at radius 1 is 1.45 bits per heavy atom. The third kappa shape index (κ3) is 3.09. The standard InChI is InChI=1S/C14H15ClN2O4S/c1-9-2-3-10(14(18)19)8-17(9)22(20,21)12-4-5-13(15)11(6-12)7-16/h4-6,9-10H,2-3,8H2,1H3,(H,18,19). The average Bonchev–Trinajstić information content (AvgIpc) is 2.47. The van der Waals surface area contributed by atoms with Gasteiger partial charge in [-0.2, -0.15) is 9.57 Å². The maximum absolute atomic E-state index is 12.7. The summed E-state index contributed by atoms with van der Waals surface area (Å²) >= 11 is 5.82. The molecular weight excluding hydrogens is 328 g/mol. The largest absolute Gasteiger partial charge is 0.481 e. The minimum absolute atomic E-state index is 0.0497. The molecule has 2 atom stereocenters. The van der Waals surface area contributed by atoms with Gasteiger partial charge in [-0.15, -0.1) is 0 Å². The van der Waals surface area contributed by atoms with Crippen molar-refractivity contribution in [3.8, 4) is 6.07 Å². The van der Waals surface area contributed by atoms with Crippen LogP contribution in [0.2, 0.25) is 5.02 Å². The lowest BCUT2D eigenvalue weighted by Gasteiger charge is -2.35. The number of rotatable bonds is 3. The number of hydrogen-bond acceptors (Lipinski definition) is 4. The van der Waals surface area contributed by atoms with Crippen molar-refractivity contribution in [2.24, 2.45) is 5.92 Å². The fourth-order valence-corrected chi connectivity index (χ4v) is 4.39. The van der Waals surface area contributed by atoms with Gasteiger partial charge in [-0.3, -0.25) is 4.79 Å². The van der Waals surface area contributed by atoms with Crippen LogP contribution in [0.4, 0.5) is 0 Å². The van der Waals surface area contributed by atoms with Crippen LogP contribution in [0, 0.1) is 17.2 Å². The Kier molecular flexibility index (Phi) is 4.75. The van der Waals surface area contributed by atoms with E-state index in [4.69, 9.17) is 22.0 Å². The molecule has 1 aromatic rings. The van der Waals surface area contributed by atoms with Crippen LogP contribution in [0.1, 0.15) is 25.3 Å². The molecule has 0 saturated carbocycles. The Bertz CT molecular complexity index is 742. The molecule has 1 aliphatic rings. The van der Waals surface area contributed by atoms with Crippen LogP contribution in [-0.2, 0) is 14.8 Å². The first kappa shape index (κ1) is 16.7. The Morgan fingerprint density at radius 3 is 2.73 bits per heavy atom. The van der Waals surface area contributed by atoms with Crippen LogP contribution >= 0.6 is 11.6 Å². The number of halogens is 1. The normalized spacial score (nSPS) is 23.0. The van der Waals surface area contributed by atoms with Crippen LogP contribution in [0.3, 0.4) is 0 Å². The van der Waals surface area contributed by atoms with Gasteiger partial charge in [-0.1, -0.05) is 11.6 Å². The third-order valence-corrected chi connectivity index (χ3v) is 6.14. The lowest BCUT2D eigenvalue weighted by atomic mass is 9.96. The summed E-state index contributed by atoms with van der Waals surface area (Å²) in [7, 11) is -3.87. The monoisotopic (exact) mass is 342 g/mol. The predicted octanol–water partition coefficient (Wildman–Crippen LogP) is 2.09. The molecule has 0 aromatic heterocycles. The molecule has 0 aliphatic carbocycles. The smallest absolute Gasteiger partial charge is 0.307 e. The topological polar surface area (TPSA) is 98.5 Å². The molecule has 2 unspecified atom stereocenters. The summed E-state index contributed by atoms with van der Waals surface area (Å²) in [5, 5.41) is 18.3. The first-order valence-electron chi connectivity index (χ1n) is 6.71. The molecule has 2 rings (SSSR count). The van der Waals surface area contributed by atoms with Crippen molar-refractivity contribution in [1.82, 2.24) is 4.31 Å². The Morgan fingerprint density at radius 2 is 2.14 bits per heavy atom. The molecule has 1 N–H and O–H groups in total. The molecule has 1 fully saturated rings. The van der Waals surface area contributed by atoms with Gasteiger partial charge >= 0.3 is 5.97 Å². The summed E-state index contributed by atoms with van der Waals surface area (Å²) in [5.74, 6) is -1.71. The summed E-state index contributed by atoms with van der Waals surface area (Å²) in [4.78, 5) is 11.1. The van der Waals surface area contributed by atoms with E-state index in [0.717, 1.165) is 0 Å². The Balaban J connectivity index is 2.40. The van der Waals surface area contributed by atoms with Crippen LogP contribution < -0.4 is 0 Å². The second-order valence-electron chi connectivity index (χ2n) is 5.29. The van der Waals surface area contributed by atoms with Crippen molar-refractivity contribution in [2.45, 2.75) is 30.7 Å². The maximum atomic E-state index is 12.7. The van der Waals surface area contributed by atoms with E-state index in [1.54, 1.807) is 6.92 Å². The number of nitrogens with zero attached hydrogens (tertiary/aromatic N) is 2. The molecule has 1 saturated heterocycles. The van der Waals surface area contributed by atoms with E-state index in [-0.39, 0.29) is 28.1 Å². The van der Waals surface area contributed by atoms with Gasteiger partial charge in [0, 0.05) is 12.6 Å². The second-order valence-corrected chi connectivity index (χ2v) is 7.59. The zero-order valence-electron chi connectivity index (χ0n) is 11.9. The van der Waals surface area contributed by atoms with Crippen LogP contribution in [0.15, 0.2) is 23.1 Å². The van der Waals surface area contributed by atoms with Gasteiger partial charge in [0.2, 0.25) is 10.0 Å². The SMILES string of the molecule is CC1CCC(C(=O)O)CN1S(=O)(=O)c1ccc(Cl)c(C#N)c1. The van der Waals surface area contributed by atoms with E-state index >= 15 is 0 Å². The van der Waals surface area contributed by atoms with Crippen molar-refractivity contribution in [3.05, 3.63) is 28.8 Å². The van der Waals surface area contributed by atoms with Crippen molar-refractivity contribution < 1.29 is 18.3 Å². The number of benzene rings is 1. The summed E-state index contributed by atoms with van der Waals surface area (Å²) in [6, 6.07) is 5.45. The molecule has 1 heterocycles. The van der Waals surface area contributed by atoms with E-state index < -0.39 is 21.9 Å². The quantitative estimate of drug-likeness (QED) is 0.906. The Labute approximate surface area is 134 Å². The fourth-order valence-electron chi connectivity index (χ4n) is 2.50. The number of nitriles is 1. The molecule has 6 nitrogen and oxygen atoms in total. The first-order chi connectivity index (χ1) is 10.3. The van der Waals surface area contributed by atoms with Gasteiger partial charge in [0.05, 0.1) is 21.4 Å². The minimum Gasteiger partial charge on any atom is -0.481 e. The fraction of sp³-hybridized carbons (Fsp3) is 0.429. The zero-order valence-corrected chi connectivity index (χ0v) is 13.4. The van der Waals surface area contributed by atoms with Crippen molar-refractivity contribution in [2.75, 3.05) is 6.54 Å². The van der Waals surface area contributed by atoms with Gasteiger partial charge in [0.15, 0.2) is 0 Å². The lowest BCUT2D eigenvalue weighted by Crippen LogP contribution is -2.47. The highest BCUT2D eigenvalue weighted by Gasteiger charge is 2.37. The molecule has 0 bridgehead atoms. The molecule has 0 spiro atoms. The molecule has 1 aromatic carbocycles. The average molecular weight is 343 g/mol. The summed E-state index contributed by atoms with van der Waals surface area (Å²) < 4.78 is 26.6. The van der Waals surface area contributed by atoms with Crippen molar-refractivity contribution in [3.63, 3.8) is 0 Å². The number of carbonyl (C=O) groups is 1. The zero-order chi connectivity index (χ0) is 16.5. The highest BCUT2D eigenvalue weighted by molar-refractivity contribution is 7.89. The van der Waals surface area contributed by atoms with Gasteiger partial charge in [0.25, 0.3) is 0 Å². The number of carboxylic acid groups (broad SMARTS) is 1. The summed E-state index contributed by atoms with van der Waals surface area (Å²) in [6.45, 7) is 1.68. The lowest BCUT2D eigenvalue weighted by molar-refractivity contribution is -0.143. The second kappa shape index (κ2) is 6.24. The van der Waals surface area contributed by atoms with Crippen LogP contribution in [0.5, 0.6) is 0 Å². The molecule has 0 radical (unpaired) electrons. The minimum atomic E-state index is -3.87. The predicted molar refractivity (Wildman–Crippen MR) is 79.9 cm³/mol. The third-order valence-electron chi connectivity index (χ3n) is 3.84. The molecule has 22 heavy (non-hydrogen) atoms. The van der Waals surface area contributed by atoms with E-state index in [0.29, 0.717) is 12.8 Å². The highest BCUT2D eigenvalue weighted by atomic mass is 35.5. The highest BCUT2D eigenvalue weighted by Crippen LogP contribution is 2.29. The van der Waals surface area contributed by atoms with Gasteiger partial charge in [0.1, 0.15) is 6.07 Å². The maximum Gasteiger partial charge on any atom is 0.307 e. The molecule has 0 amide bonds. The van der Waals surface area contributed by atoms with Crippen molar-refractivity contribution >= 4 is 27.6 Å². The number of aliphatic carboxylic acids is 1. The number of hydrogen-bond donors (Lipinski definition) is 1. The molecule has 118 valence electrons.